The Kier molecular flexibility index (Phi) is 5.66. The SMILES string of the molecule is O=C(N/N=C/c1ccc(F)cc1)c1nc(-c2ccccc2)cc(-c2ccccc2)n1. The van der Waals surface area contributed by atoms with Crippen molar-refractivity contribution in [1.82, 2.24) is 15.4 Å². The van der Waals surface area contributed by atoms with Crippen molar-refractivity contribution >= 4 is 12.1 Å². The molecule has 0 aliphatic rings. The molecule has 0 radical (unpaired) electrons. The number of hydrogen-bond acceptors (Lipinski definition) is 4. The molecule has 6 heteroatoms. The predicted molar refractivity (Wildman–Crippen MR) is 114 cm³/mol. The maximum atomic E-state index is 13.0. The van der Waals surface area contributed by atoms with Crippen molar-refractivity contribution in [3.8, 4) is 22.5 Å². The lowest BCUT2D eigenvalue weighted by Gasteiger charge is -2.08. The third-order valence-electron chi connectivity index (χ3n) is 4.32. The van der Waals surface area contributed by atoms with Crippen LogP contribution in [0.2, 0.25) is 0 Å². The van der Waals surface area contributed by atoms with Gasteiger partial charge in [0, 0.05) is 11.1 Å². The summed E-state index contributed by atoms with van der Waals surface area (Å²) in [6.07, 6.45) is 1.43. The van der Waals surface area contributed by atoms with E-state index in [2.05, 4.69) is 20.5 Å². The van der Waals surface area contributed by atoms with Gasteiger partial charge in [-0.25, -0.2) is 19.8 Å². The van der Waals surface area contributed by atoms with Crippen LogP contribution >= 0.6 is 0 Å². The van der Waals surface area contributed by atoms with E-state index in [0.717, 1.165) is 11.1 Å². The van der Waals surface area contributed by atoms with Gasteiger partial charge in [0.2, 0.25) is 5.82 Å². The number of carbonyl (C=O) groups excluding carboxylic acids is 1. The monoisotopic (exact) mass is 396 g/mol. The van der Waals surface area contributed by atoms with E-state index in [4.69, 9.17) is 0 Å². The lowest BCUT2D eigenvalue weighted by atomic mass is 10.1. The van der Waals surface area contributed by atoms with Crippen LogP contribution in [0.4, 0.5) is 4.39 Å². The maximum absolute atomic E-state index is 13.0. The lowest BCUT2D eigenvalue weighted by molar-refractivity contribution is 0.0945. The minimum Gasteiger partial charge on any atom is -0.264 e. The molecular formula is C24H17FN4O. The fourth-order valence-electron chi connectivity index (χ4n) is 2.83. The highest BCUT2D eigenvalue weighted by Gasteiger charge is 2.14. The van der Waals surface area contributed by atoms with Crippen LogP contribution < -0.4 is 5.43 Å². The van der Waals surface area contributed by atoms with Crippen molar-refractivity contribution < 1.29 is 9.18 Å². The Bertz CT molecular complexity index is 1120. The number of aromatic nitrogens is 2. The molecule has 0 atom stereocenters. The van der Waals surface area contributed by atoms with Gasteiger partial charge in [0.25, 0.3) is 0 Å². The number of benzene rings is 3. The van der Waals surface area contributed by atoms with Crippen LogP contribution in [0, 0.1) is 5.82 Å². The summed E-state index contributed by atoms with van der Waals surface area (Å²) < 4.78 is 13.0. The highest BCUT2D eigenvalue weighted by molar-refractivity contribution is 5.92. The van der Waals surface area contributed by atoms with Gasteiger partial charge in [0.15, 0.2) is 0 Å². The zero-order valence-electron chi connectivity index (χ0n) is 15.9. The van der Waals surface area contributed by atoms with Gasteiger partial charge in [-0.05, 0) is 23.8 Å². The molecular weight excluding hydrogens is 379 g/mol. The second-order valence-corrected chi connectivity index (χ2v) is 6.44. The van der Waals surface area contributed by atoms with Crippen molar-refractivity contribution in [2.24, 2.45) is 5.10 Å². The number of rotatable bonds is 5. The standard InChI is InChI=1S/C24H17FN4O/c25-20-13-11-17(12-14-20)16-26-29-24(30)23-27-21(18-7-3-1-4-8-18)15-22(28-23)19-9-5-2-6-10-19/h1-16H,(H,29,30)/b26-16+. The Labute approximate surface area is 173 Å². The Balaban J connectivity index is 1.64. The van der Waals surface area contributed by atoms with E-state index >= 15 is 0 Å². The first-order valence-corrected chi connectivity index (χ1v) is 9.28. The normalized spacial score (nSPS) is 10.8. The zero-order valence-corrected chi connectivity index (χ0v) is 15.9. The molecule has 1 amide bonds. The zero-order chi connectivity index (χ0) is 20.8. The molecule has 1 heterocycles. The average Bonchev–Trinajstić information content (AvgIpc) is 2.81. The molecule has 146 valence electrons. The molecule has 0 saturated carbocycles. The Morgan fingerprint density at radius 2 is 1.33 bits per heavy atom. The molecule has 0 spiro atoms. The molecule has 5 nitrogen and oxygen atoms in total. The molecule has 0 aliphatic carbocycles. The van der Waals surface area contributed by atoms with Crippen molar-refractivity contribution in [1.29, 1.82) is 0 Å². The van der Waals surface area contributed by atoms with E-state index in [1.807, 2.05) is 66.7 Å². The minimum atomic E-state index is -0.539. The summed E-state index contributed by atoms with van der Waals surface area (Å²) in [7, 11) is 0. The van der Waals surface area contributed by atoms with Gasteiger partial charge >= 0.3 is 5.91 Å². The van der Waals surface area contributed by atoms with Gasteiger partial charge < -0.3 is 0 Å². The van der Waals surface area contributed by atoms with Crippen molar-refractivity contribution in [3.05, 3.63) is 108 Å². The number of hydrazone groups is 1. The Morgan fingerprint density at radius 1 is 0.800 bits per heavy atom. The minimum absolute atomic E-state index is 0.00598. The van der Waals surface area contributed by atoms with E-state index < -0.39 is 5.91 Å². The number of nitrogens with zero attached hydrogens (tertiary/aromatic N) is 3. The van der Waals surface area contributed by atoms with E-state index in [0.29, 0.717) is 17.0 Å². The fraction of sp³-hybridized carbons (Fsp3) is 0. The molecule has 1 aromatic heterocycles. The van der Waals surface area contributed by atoms with Gasteiger partial charge in [-0.1, -0.05) is 72.8 Å². The Hall–Kier alpha value is -4.19. The largest absolute Gasteiger partial charge is 0.309 e. The summed E-state index contributed by atoms with van der Waals surface area (Å²) in [6, 6.07) is 26.8. The molecule has 0 bridgehead atoms. The molecule has 30 heavy (non-hydrogen) atoms. The first-order chi connectivity index (χ1) is 14.7. The number of carbonyl (C=O) groups is 1. The van der Waals surface area contributed by atoms with Gasteiger partial charge in [0.1, 0.15) is 5.82 Å². The van der Waals surface area contributed by atoms with Crippen LogP contribution in [0.1, 0.15) is 16.2 Å². The second kappa shape index (κ2) is 8.87. The third-order valence-corrected chi connectivity index (χ3v) is 4.32. The Morgan fingerprint density at radius 3 is 1.87 bits per heavy atom. The average molecular weight is 396 g/mol. The molecule has 0 fully saturated rings. The highest BCUT2D eigenvalue weighted by Crippen LogP contribution is 2.23. The van der Waals surface area contributed by atoms with Crippen LogP contribution in [0.15, 0.2) is 96.1 Å². The molecule has 0 aliphatic heterocycles. The van der Waals surface area contributed by atoms with Crippen molar-refractivity contribution in [2.45, 2.75) is 0 Å². The van der Waals surface area contributed by atoms with Crippen LogP contribution in [-0.4, -0.2) is 22.1 Å². The van der Waals surface area contributed by atoms with E-state index in [-0.39, 0.29) is 11.6 Å². The number of halogens is 1. The molecule has 4 aromatic rings. The van der Waals surface area contributed by atoms with Gasteiger partial charge in [0.05, 0.1) is 17.6 Å². The van der Waals surface area contributed by atoms with Crippen molar-refractivity contribution in [2.75, 3.05) is 0 Å². The second-order valence-electron chi connectivity index (χ2n) is 6.44. The number of nitrogens with one attached hydrogen (secondary N) is 1. The topological polar surface area (TPSA) is 67.2 Å². The van der Waals surface area contributed by atoms with E-state index in [1.165, 1.54) is 18.3 Å². The lowest BCUT2D eigenvalue weighted by Crippen LogP contribution is -2.21. The smallest absolute Gasteiger partial charge is 0.264 e. The summed E-state index contributed by atoms with van der Waals surface area (Å²) in [6.45, 7) is 0. The van der Waals surface area contributed by atoms with Gasteiger partial charge in [-0.2, -0.15) is 5.10 Å². The summed E-state index contributed by atoms with van der Waals surface area (Å²) in [5, 5.41) is 3.93. The molecule has 4 rings (SSSR count). The summed E-state index contributed by atoms with van der Waals surface area (Å²) in [5.41, 5.74) is 6.11. The summed E-state index contributed by atoms with van der Waals surface area (Å²) in [5.74, 6) is -0.870. The quantitative estimate of drug-likeness (QED) is 0.392. The van der Waals surface area contributed by atoms with Crippen LogP contribution in [0.5, 0.6) is 0 Å². The summed E-state index contributed by atoms with van der Waals surface area (Å²) in [4.78, 5) is 21.5. The van der Waals surface area contributed by atoms with Gasteiger partial charge in [-0.15, -0.1) is 0 Å². The molecule has 3 aromatic carbocycles. The maximum Gasteiger partial charge on any atom is 0.309 e. The molecule has 1 N–H and O–H groups in total. The molecule has 0 unspecified atom stereocenters. The highest BCUT2D eigenvalue weighted by atomic mass is 19.1. The van der Waals surface area contributed by atoms with Gasteiger partial charge in [-0.3, -0.25) is 4.79 Å². The first kappa shape index (κ1) is 19.1. The van der Waals surface area contributed by atoms with E-state index in [1.54, 1.807) is 12.1 Å². The summed E-state index contributed by atoms with van der Waals surface area (Å²) >= 11 is 0. The van der Waals surface area contributed by atoms with Crippen LogP contribution in [0.25, 0.3) is 22.5 Å². The number of amides is 1. The molecule has 0 saturated heterocycles. The van der Waals surface area contributed by atoms with Crippen LogP contribution in [-0.2, 0) is 0 Å². The van der Waals surface area contributed by atoms with Crippen molar-refractivity contribution in [3.63, 3.8) is 0 Å². The van der Waals surface area contributed by atoms with E-state index in [9.17, 15) is 9.18 Å². The third kappa shape index (κ3) is 4.62. The van der Waals surface area contributed by atoms with Crippen LogP contribution in [0.3, 0.4) is 0 Å². The first-order valence-electron chi connectivity index (χ1n) is 9.28. The number of hydrogen-bond donors (Lipinski definition) is 1. The predicted octanol–water partition coefficient (Wildman–Crippen LogP) is 4.71. The fourth-order valence-corrected chi connectivity index (χ4v) is 2.83.